The van der Waals surface area contributed by atoms with E-state index in [1.54, 1.807) is 35.2 Å². The highest BCUT2D eigenvalue weighted by Crippen LogP contribution is 2.42. The number of aromatic nitrogens is 3. The van der Waals surface area contributed by atoms with E-state index in [0.29, 0.717) is 28.0 Å². The number of anilines is 1. The average molecular weight is 481 g/mol. The zero-order valence-electron chi connectivity index (χ0n) is 16.2. The van der Waals surface area contributed by atoms with Crippen LogP contribution in [0.15, 0.2) is 48.7 Å². The van der Waals surface area contributed by atoms with Crippen molar-refractivity contribution in [1.29, 1.82) is 0 Å². The van der Waals surface area contributed by atoms with Crippen molar-refractivity contribution < 1.29 is 17.6 Å². The van der Waals surface area contributed by atoms with Gasteiger partial charge in [0.15, 0.2) is 5.82 Å². The van der Waals surface area contributed by atoms with Crippen molar-refractivity contribution in [3.8, 4) is 0 Å². The summed E-state index contributed by atoms with van der Waals surface area (Å²) >= 11 is 12.0. The van der Waals surface area contributed by atoms with Crippen molar-refractivity contribution >= 4 is 40.1 Å². The second-order valence-electron chi connectivity index (χ2n) is 7.44. The first-order valence-corrected chi connectivity index (χ1v) is 10.4. The molecule has 1 aliphatic rings. The van der Waals surface area contributed by atoms with Gasteiger partial charge in [-0.05, 0) is 47.9 Å². The van der Waals surface area contributed by atoms with E-state index < -0.39 is 23.7 Å². The van der Waals surface area contributed by atoms with E-state index in [4.69, 9.17) is 23.2 Å². The number of hydrogen-bond acceptors (Lipinski definition) is 3. The Bertz CT molecular complexity index is 1320. The number of rotatable bonds is 2. The van der Waals surface area contributed by atoms with Crippen molar-refractivity contribution in [1.82, 2.24) is 15.0 Å². The molecule has 0 fully saturated rings. The number of halogens is 6. The molecule has 0 saturated carbocycles. The molecule has 0 bridgehead atoms. The Morgan fingerprint density at radius 3 is 2.50 bits per heavy atom. The molecule has 4 nitrogen and oxygen atoms in total. The minimum Gasteiger partial charge on any atom is -0.356 e. The number of benzene rings is 2. The van der Waals surface area contributed by atoms with E-state index in [1.807, 2.05) is 0 Å². The van der Waals surface area contributed by atoms with Crippen LogP contribution < -0.4 is 4.90 Å². The van der Waals surface area contributed by atoms with Gasteiger partial charge in [0.25, 0.3) is 0 Å². The fraction of sp³-hybridized carbons (Fsp3) is 0.182. The van der Waals surface area contributed by atoms with Crippen molar-refractivity contribution in [2.75, 3.05) is 11.4 Å². The number of H-pyrrole nitrogens is 1. The van der Waals surface area contributed by atoms with E-state index in [-0.39, 0.29) is 17.5 Å². The lowest BCUT2D eigenvalue weighted by atomic mass is 9.92. The first-order valence-electron chi connectivity index (χ1n) is 9.65. The maximum Gasteiger partial charge on any atom is 0.433 e. The summed E-state index contributed by atoms with van der Waals surface area (Å²) in [6, 6.07) is 10.3. The molecular formula is C22H14Cl2F4N4. The summed E-state index contributed by atoms with van der Waals surface area (Å²) in [6.07, 6.45) is -3.14. The first kappa shape index (κ1) is 21.0. The molecule has 3 heterocycles. The van der Waals surface area contributed by atoms with Crippen LogP contribution in [0.4, 0.5) is 23.5 Å². The predicted octanol–water partition coefficient (Wildman–Crippen LogP) is 6.57. The minimum absolute atomic E-state index is 0.00554. The van der Waals surface area contributed by atoms with Gasteiger partial charge < -0.3 is 9.88 Å². The molecule has 2 aromatic heterocycles. The monoisotopic (exact) mass is 480 g/mol. The summed E-state index contributed by atoms with van der Waals surface area (Å²) in [4.78, 5) is 12.8. The van der Waals surface area contributed by atoms with Crippen LogP contribution in [0.3, 0.4) is 0 Å². The lowest BCUT2D eigenvalue weighted by Crippen LogP contribution is -2.37. The Balaban J connectivity index is 1.71. The quantitative estimate of drug-likeness (QED) is 0.329. The van der Waals surface area contributed by atoms with E-state index in [0.717, 1.165) is 23.4 Å². The summed E-state index contributed by atoms with van der Waals surface area (Å²) in [5, 5.41) is 0.906. The summed E-state index contributed by atoms with van der Waals surface area (Å²) in [5.74, 6) is -0.595. The molecule has 164 valence electrons. The molecule has 0 spiro atoms. The molecule has 10 heteroatoms. The van der Waals surface area contributed by atoms with Crippen LogP contribution in [-0.4, -0.2) is 21.5 Å². The first-order chi connectivity index (χ1) is 15.2. The maximum atomic E-state index is 14.9. The topological polar surface area (TPSA) is 44.8 Å². The SMILES string of the molecule is Fc1c(Cl)ccc2[nH]c3c(c12)CCN(c1nccc(C(F)(F)F)n1)C3c1ccc(Cl)cc1. The number of fused-ring (bicyclic) bond motifs is 3. The predicted molar refractivity (Wildman–Crippen MR) is 115 cm³/mol. The van der Waals surface area contributed by atoms with E-state index in [2.05, 4.69) is 15.0 Å². The highest BCUT2D eigenvalue weighted by molar-refractivity contribution is 6.31. The van der Waals surface area contributed by atoms with Crippen LogP contribution in [0.2, 0.25) is 10.0 Å². The summed E-state index contributed by atoms with van der Waals surface area (Å²) in [7, 11) is 0. The van der Waals surface area contributed by atoms with Gasteiger partial charge in [0.05, 0.1) is 11.1 Å². The molecule has 5 rings (SSSR count). The van der Waals surface area contributed by atoms with Crippen molar-refractivity contribution in [2.24, 2.45) is 0 Å². The van der Waals surface area contributed by atoms with Crippen LogP contribution in [0.25, 0.3) is 10.9 Å². The number of hydrogen-bond donors (Lipinski definition) is 1. The van der Waals surface area contributed by atoms with Gasteiger partial charge in [-0.15, -0.1) is 0 Å². The van der Waals surface area contributed by atoms with E-state index in [1.165, 1.54) is 6.07 Å². The molecule has 0 radical (unpaired) electrons. The molecule has 0 amide bonds. The van der Waals surface area contributed by atoms with Gasteiger partial charge in [-0.2, -0.15) is 13.2 Å². The third-order valence-corrected chi connectivity index (χ3v) is 6.10. The van der Waals surface area contributed by atoms with Gasteiger partial charge in [0.1, 0.15) is 5.69 Å². The largest absolute Gasteiger partial charge is 0.433 e. The van der Waals surface area contributed by atoms with Crippen LogP contribution in [-0.2, 0) is 12.6 Å². The van der Waals surface area contributed by atoms with Gasteiger partial charge >= 0.3 is 6.18 Å². The molecule has 2 aromatic carbocycles. The molecular weight excluding hydrogens is 467 g/mol. The normalized spacial score (nSPS) is 16.4. The highest BCUT2D eigenvalue weighted by Gasteiger charge is 2.37. The van der Waals surface area contributed by atoms with Gasteiger partial charge in [0.2, 0.25) is 5.95 Å². The smallest absolute Gasteiger partial charge is 0.356 e. The number of nitrogens with zero attached hydrogens (tertiary/aromatic N) is 3. The van der Waals surface area contributed by atoms with Gasteiger partial charge in [-0.1, -0.05) is 35.3 Å². The standard InChI is InChI=1S/C22H14Cl2F4N4/c23-12-3-1-11(2-4-12)20-19-13(17-15(30-19)6-5-14(24)18(17)25)8-10-32(20)21-29-9-7-16(31-21)22(26,27)28/h1-7,9,20,30H,8,10H2. The second-order valence-corrected chi connectivity index (χ2v) is 8.28. The fourth-order valence-corrected chi connectivity index (χ4v) is 4.45. The molecule has 4 aromatic rings. The number of alkyl halides is 3. The van der Waals surface area contributed by atoms with Crippen LogP contribution in [0.5, 0.6) is 0 Å². The van der Waals surface area contributed by atoms with Crippen LogP contribution in [0, 0.1) is 5.82 Å². The van der Waals surface area contributed by atoms with Gasteiger partial charge in [-0.25, -0.2) is 14.4 Å². The van der Waals surface area contributed by atoms with Gasteiger partial charge in [0, 0.05) is 34.4 Å². The third-order valence-electron chi connectivity index (χ3n) is 5.55. The highest BCUT2D eigenvalue weighted by atomic mass is 35.5. The summed E-state index contributed by atoms with van der Waals surface area (Å²) < 4.78 is 54.7. The molecule has 1 atom stereocenters. The van der Waals surface area contributed by atoms with Crippen LogP contribution >= 0.6 is 23.2 Å². The molecule has 1 unspecified atom stereocenters. The van der Waals surface area contributed by atoms with Crippen LogP contribution in [0.1, 0.15) is 28.6 Å². The third kappa shape index (κ3) is 3.47. The fourth-order valence-electron chi connectivity index (χ4n) is 4.17. The van der Waals surface area contributed by atoms with E-state index >= 15 is 0 Å². The summed E-state index contributed by atoms with van der Waals surface area (Å²) in [5.41, 5.74) is 1.65. The minimum atomic E-state index is -4.60. The number of aromatic amines is 1. The molecule has 1 N–H and O–H groups in total. The Hall–Kier alpha value is -2.84. The lowest BCUT2D eigenvalue weighted by molar-refractivity contribution is -0.141. The lowest BCUT2D eigenvalue weighted by Gasteiger charge is -2.36. The Labute approximate surface area is 189 Å². The van der Waals surface area contributed by atoms with Crippen molar-refractivity contribution in [3.05, 3.63) is 87.0 Å². The Morgan fingerprint density at radius 2 is 1.78 bits per heavy atom. The average Bonchev–Trinajstić information content (AvgIpc) is 3.15. The number of nitrogens with one attached hydrogen (secondary N) is 1. The zero-order valence-corrected chi connectivity index (χ0v) is 17.7. The Kier molecular flexibility index (Phi) is 5.02. The summed E-state index contributed by atoms with van der Waals surface area (Å²) in [6.45, 7) is 0.278. The Morgan fingerprint density at radius 1 is 1.03 bits per heavy atom. The zero-order chi connectivity index (χ0) is 22.6. The maximum absolute atomic E-state index is 14.9. The second kappa shape index (κ2) is 7.64. The molecule has 0 aliphatic carbocycles. The van der Waals surface area contributed by atoms with Crippen molar-refractivity contribution in [3.63, 3.8) is 0 Å². The molecule has 0 saturated heterocycles. The van der Waals surface area contributed by atoms with Crippen molar-refractivity contribution in [2.45, 2.75) is 18.6 Å². The molecule has 32 heavy (non-hydrogen) atoms. The van der Waals surface area contributed by atoms with E-state index in [9.17, 15) is 17.6 Å². The molecule has 1 aliphatic heterocycles. The van der Waals surface area contributed by atoms with Gasteiger partial charge in [-0.3, -0.25) is 0 Å².